The van der Waals surface area contributed by atoms with Crippen LogP contribution in [0.15, 0.2) is 28.3 Å². The van der Waals surface area contributed by atoms with Crippen LogP contribution in [0.1, 0.15) is 23.4 Å². The number of hydrogen-bond acceptors (Lipinski definition) is 4. The van der Waals surface area contributed by atoms with Crippen LogP contribution in [0.4, 0.5) is 0 Å². The summed E-state index contributed by atoms with van der Waals surface area (Å²) in [6.07, 6.45) is 3.41. The van der Waals surface area contributed by atoms with Gasteiger partial charge >= 0.3 is 0 Å². The van der Waals surface area contributed by atoms with Gasteiger partial charge in [-0.2, -0.15) is 5.10 Å². The van der Waals surface area contributed by atoms with Crippen molar-refractivity contribution in [2.75, 3.05) is 6.54 Å². The van der Waals surface area contributed by atoms with Crippen molar-refractivity contribution in [3.8, 4) is 0 Å². The first-order chi connectivity index (χ1) is 9.51. The van der Waals surface area contributed by atoms with Crippen LogP contribution < -0.4 is 5.73 Å². The summed E-state index contributed by atoms with van der Waals surface area (Å²) in [7, 11) is 1.81. The first kappa shape index (κ1) is 15.2. The fraction of sp³-hybridized carbons (Fsp3) is 0.385. The molecule has 0 radical (unpaired) electrons. The Bertz CT molecular complexity index is 595. The molecule has 0 aliphatic rings. The Morgan fingerprint density at radius 1 is 1.60 bits per heavy atom. The molecule has 0 saturated carbocycles. The second kappa shape index (κ2) is 6.51. The highest BCUT2D eigenvalue weighted by atomic mass is 79.9. The average molecular weight is 357 g/mol. The van der Waals surface area contributed by atoms with Gasteiger partial charge in [0.15, 0.2) is 0 Å². The molecule has 1 amide bonds. The minimum absolute atomic E-state index is 0.0787. The Labute approximate surface area is 130 Å². The first-order valence-electron chi connectivity index (χ1n) is 6.28. The van der Waals surface area contributed by atoms with Crippen LogP contribution in [0.25, 0.3) is 0 Å². The molecule has 2 rings (SSSR count). The normalized spacial score (nSPS) is 12.4. The van der Waals surface area contributed by atoms with Crippen molar-refractivity contribution in [2.45, 2.75) is 19.5 Å². The molecular weight excluding hydrogens is 340 g/mol. The van der Waals surface area contributed by atoms with Crippen LogP contribution in [-0.4, -0.2) is 27.1 Å². The number of carbonyl (C=O) groups is 1. The quantitative estimate of drug-likeness (QED) is 0.893. The standard InChI is InChI=1S/C13H17BrN4OS/c1-3-18(8-10-4-5-11(14)20-10)13(19)12(15)9-6-16-17(2)7-9/h4-7,12H,3,8,15H2,1-2H3. The lowest BCUT2D eigenvalue weighted by atomic mass is 10.1. The molecule has 108 valence electrons. The number of aromatic nitrogens is 2. The first-order valence-corrected chi connectivity index (χ1v) is 7.89. The van der Waals surface area contributed by atoms with Gasteiger partial charge < -0.3 is 10.6 Å². The number of aryl methyl sites for hydroxylation is 1. The third-order valence-electron chi connectivity index (χ3n) is 3.02. The number of amides is 1. The molecular formula is C13H17BrN4OS. The fourth-order valence-corrected chi connectivity index (χ4v) is 3.41. The third kappa shape index (κ3) is 3.47. The number of likely N-dealkylation sites (N-methyl/N-ethyl adjacent to an activating group) is 1. The molecule has 2 aromatic rings. The van der Waals surface area contributed by atoms with Gasteiger partial charge in [-0.15, -0.1) is 11.3 Å². The second-order valence-electron chi connectivity index (χ2n) is 4.48. The molecule has 1 atom stereocenters. The number of carbonyl (C=O) groups excluding carboxylic acids is 1. The summed E-state index contributed by atoms with van der Waals surface area (Å²) in [6.45, 7) is 3.17. The van der Waals surface area contributed by atoms with E-state index >= 15 is 0 Å². The lowest BCUT2D eigenvalue weighted by Crippen LogP contribution is -2.37. The minimum Gasteiger partial charge on any atom is -0.336 e. The number of nitrogens with zero attached hydrogens (tertiary/aromatic N) is 3. The predicted octanol–water partition coefficient (Wildman–Crippen LogP) is 2.29. The van der Waals surface area contributed by atoms with Gasteiger partial charge in [0.05, 0.1) is 16.5 Å². The van der Waals surface area contributed by atoms with Gasteiger partial charge in [-0.3, -0.25) is 9.48 Å². The van der Waals surface area contributed by atoms with Gasteiger partial charge in [0.2, 0.25) is 5.91 Å². The molecule has 0 fully saturated rings. The maximum Gasteiger partial charge on any atom is 0.244 e. The summed E-state index contributed by atoms with van der Waals surface area (Å²) < 4.78 is 2.71. The summed E-state index contributed by atoms with van der Waals surface area (Å²) in [4.78, 5) is 15.3. The van der Waals surface area contributed by atoms with Crippen LogP contribution in [0.5, 0.6) is 0 Å². The largest absolute Gasteiger partial charge is 0.336 e. The molecule has 0 bridgehead atoms. The zero-order valence-corrected chi connectivity index (χ0v) is 13.8. The minimum atomic E-state index is -0.660. The van der Waals surface area contributed by atoms with Gasteiger partial charge in [-0.05, 0) is 35.0 Å². The number of nitrogens with two attached hydrogens (primary N) is 1. The van der Waals surface area contributed by atoms with Crippen molar-refractivity contribution in [3.63, 3.8) is 0 Å². The molecule has 1 unspecified atom stereocenters. The molecule has 7 heteroatoms. The van der Waals surface area contributed by atoms with E-state index in [1.165, 1.54) is 0 Å². The van der Waals surface area contributed by atoms with Gasteiger partial charge in [0, 0.05) is 30.2 Å². The number of hydrogen-bond donors (Lipinski definition) is 1. The third-order valence-corrected chi connectivity index (χ3v) is 4.63. The van der Waals surface area contributed by atoms with Crippen LogP contribution >= 0.6 is 27.3 Å². The van der Waals surface area contributed by atoms with E-state index in [0.717, 1.165) is 14.2 Å². The zero-order chi connectivity index (χ0) is 14.7. The Kier molecular flexibility index (Phi) is 4.95. The van der Waals surface area contributed by atoms with Crippen LogP contribution in [0, 0.1) is 0 Å². The molecule has 0 aliphatic carbocycles. The van der Waals surface area contributed by atoms with E-state index < -0.39 is 6.04 Å². The Balaban J connectivity index is 2.08. The van der Waals surface area contributed by atoms with Crippen molar-refractivity contribution in [3.05, 3.63) is 38.8 Å². The maximum atomic E-state index is 12.5. The van der Waals surface area contributed by atoms with Crippen LogP contribution in [0.3, 0.4) is 0 Å². The topological polar surface area (TPSA) is 64.2 Å². The van der Waals surface area contributed by atoms with Gasteiger partial charge in [-0.25, -0.2) is 0 Å². The molecule has 5 nitrogen and oxygen atoms in total. The predicted molar refractivity (Wildman–Crippen MR) is 83.2 cm³/mol. The highest BCUT2D eigenvalue weighted by Gasteiger charge is 2.23. The van der Waals surface area contributed by atoms with Gasteiger partial charge in [0.1, 0.15) is 6.04 Å². The fourth-order valence-electron chi connectivity index (χ4n) is 1.91. The summed E-state index contributed by atoms with van der Waals surface area (Å²) in [5, 5.41) is 4.05. The lowest BCUT2D eigenvalue weighted by Gasteiger charge is -2.23. The Hall–Kier alpha value is -1.18. The summed E-state index contributed by atoms with van der Waals surface area (Å²) in [5.74, 6) is -0.0787. The van der Waals surface area contributed by atoms with Crippen LogP contribution in [0.2, 0.25) is 0 Å². The Morgan fingerprint density at radius 3 is 2.85 bits per heavy atom. The van der Waals surface area contributed by atoms with Crippen molar-refractivity contribution in [1.29, 1.82) is 0 Å². The summed E-state index contributed by atoms with van der Waals surface area (Å²) in [5.41, 5.74) is 6.78. The Morgan fingerprint density at radius 2 is 2.35 bits per heavy atom. The lowest BCUT2D eigenvalue weighted by molar-refractivity contribution is -0.133. The molecule has 2 aromatic heterocycles. The van der Waals surface area contributed by atoms with Gasteiger partial charge in [-0.1, -0.05) is 0 Å². The van der Waals surface area contributed by atoms with Crippen molar-refractivity contribution >= 4 is 33.2 Å². The van der Waals surface area contributed by atoms with Crippen molar-refractivity contribution < 1.29 is 4.79 Å². The highest BCUT2D eigenvalue weighted by molar-refractivity contribution is 9.11. The SMILES string of the molecule is CCN(Cc1ccc(Br)s1)C(=O)C(N)c1cnn(C)c1. The number of thiophene rings is 1. The van der Waals surface area contributed by atoms with E-state index in [1.807, 2.05) is 26.1 Å². The van der Waals surface area contributed by atoms with E-state index in [4.69, 9.17) is 5.73 Å². The molecule has 0 aromatic carbocycles. The molecule has 2 heterocycles. The van der Waals surface area contributed by atoms with Crippen LogP contribution in [-0.2, 0) is 18.4 Å². The average Bonchev–Trinajstić information content (AvgIpc) is 3.03. The summed E-state index contributed by atoms with van der Waals surface area (Å²) >= 11 is 5.05. The zero-order valence-electron chi connectivity index (χ0n) is 11.4. The van der Waals surface area contributed by atoms with E-state index in [0.29, 0.717) is 13.1 Å². The van der Waals surface area contributed by atoms with E-state index in [2.05, 4.69) is 21.0 Å². The number of halogens is 1. The van der Waals surface area contributed by atoms with E-state index in [9.17, 15) is 4.79 Å². The highest BCUT2D eigenvalue weighted by Crippen LogP contribution is 2.24. The summed E-state index contributed by atoms with van der Waals surface area (Å²) in [6, 6.07) is 3.34. The number of rotatable bonds is 5. The van der Waals surface area contributed by atoms with Gasteiger partial charge in [0.25, 0.3) is 0 Å². The van der Waals surface area contributed by atoms with E-state index in [1.54, 1.807) is 33.3 Å². The monoisotopic (exact) mass is 356 g/mol. The van der Waals surface area contributed by atoms with Crippen molar-refractivity contribution in [1.82, 2.24) is 14.7 Å². The van der Waals surface area contributed by atoms with Crippen molar-refractivity contribution in [2.24, 2.45) is 12.8 Å². The molecule has 0 saturated heterocycles. The smallest absolute Gasteiger partial charge is 0.244 e. The maximum absolute atomic E-state index is 12.5. The molecule has 0 spiro atoms. The molecule has 0 aliphatic heterocycles. The molecule has 2 N–H and O–H groups in total. The molecule has 20 heavy (non-hydrogen) atoms. The van der Waals surface area contributed by atoms with E-state index in [-0.39, 0.29) is 5.91 Å². The second-order valence-corrected chi connectivity index (χ2v) is 7.03.